The fourth-order valence-corrected chi connectivity index (χ4v) is 3.58. The highest BCUT2D eigenvalue weighted by Crippen LogP contribution is 2.29. The Kier molecular flexibility index (Phi) is 6.80. The monoisotopic (exact) mass is 459 g/mol. The second-order valence-corrected chi connectivity index (χ2v) is 7.59. The third-order valence-corrected chi connectivity index (χ3v) is 5.29. The highest BCUT2D eigenvalue weighted by atomic mass is 79.9. The summed E-state index contributed by atoms with van der Waals surface area (Å²) in [5, 5.41) is 5.50. The van der Waals surface area contributed by atoms with Crippen molar-refractivity contribution in [1.82, 2.24) is 0 Å². The van der Waals surface area contributed by atoms with Crippen LogP contribution in [0.25, 0.3) is 0 Å². The molecule has 3 N–H and O–H groups in total. The van der Waals surface area contributed by atoms with E-state index in [0.717, 1.165) is 10.0 Å². The van der Waals surface area contributed by atoms with Crippen molar-refractivity contribution >= 4 is 50.3 Å². The molecule has 1 atom stereocenters. The Hall–Kier alpha value is -2.68. The third-order valence-electron chi connectivity index (χ3n) is 3.90. The quantitative estimate of drug-likeness (QED) is 0.441. The van der Waals surface area contributed by atoms with Crippen LogP contribution in [0.3, 0.4) is 0 Å². The molecule has 0 fully saturated rings. The van der Waals surface area contributed by atoms with Gasteiger partial charge in [0.15, 0.2) is 0 Å². The number of urea groups is 1. The number of amides is 2. The lowest BCUT2D eigenvalue weighted by atomic mass is 10.2. The van der Waals surface area contributed by atoms with E-state index in [9.17, 15) is 13.6 Å². The van der Waals surface area contributed by atoms with E-state index >= 15 is 0 Å². The summed E-state index contributed by atoms with van der Waals surface area (Å²) in [5.41, 5.74) is 2.35. The molecule has 0 spiro atoms. The summed E-state index contributed by atoms with van der Waals surface area (Å²) < 4.78 is 23.9. The fraction of sp³-hybridized carbons (Fsp3) is 0.0500. The van der Waals surface area contributed by atoms with E-state index in [0.29, 0.717) is 17.1 Å². The number of rotatable bonds is 6. The van der Waals surface area contributed by atoms with E-state index in [1.807, 2.05) is 48.5 Å². The maximum Gasteiger partial charge on any atom is 0.323 e. The molecular formula is C20H18BrN3O3S. The van der Waals surface area contributed by atoms with Crippen LogP contribution in [0, 0.1) is 0 Å². The number of hydrogen-bond acceptors (Lipinski definition) is 2. The fourth-order valence-electron chi connectivity index (χ4n) is 2.61. The van der Waals surface area contributed by atoms with Crippen molar-refractivity contribution in [3.8, 4) is 0 Å². The van der Waals surface area contributed by atoms with Gasteiger partial charge in [-0.2, -0.15) is 0 Å². The summed E-state index contributed by atoms with van der Waals surface area (Å²) in [6.07, 6.45) is 0. The zero-order chi connectivity index (χ0) is 19.9. The van der Waals surface area contributed by atoms with Gasteiger partial charge >= 0.3 is 6.03 Å². The molecule has 0 saturated heterocycles. The Morgan fingerprint density at radius 3 is 2.14 bits per heavy atom. The normalized spacial score (nSPS) is 11.5. The topological polar surface area (TPSA) is 81.7 Å². The molecule has 3 aromatic rings. The van der Waals surface area contributed by atoms with Gasteiger partial charge in [-0.05, 0) is 45.8 Å². The summed E-state index contributed by atoms with van der Waals surface area (Å²) >= 11 is 1.11. The molecule has 0 aliphatic heterocycles. The van der Waals surface area contributed by atoms with Gasteiger partial charge in [0.2, 0.25) is 0 Å². The van der Waals surface area contributed by atoms with Crippen molar-refractivity contribution in [1.29, 1.82) is 0 Å². The maximum atomic E-state index is 12.4. The molecule has 0 radical (unpaired) electrons. The van der Waals surface area contributed by atoms with E-state index in [1.54, 1.807) is 30.3 Å². The van der Waals surface area contributed by atoms with Crippen LogP contribution in [-0.2, 0) is 17.8 Å². The molecule has 0 heterocycles. The third kappa shape index (κ3) is 5.19. The van der Waals surface area contributed by atoms with E-state index in [1.165, 1.54) is 4.31 Å². The zero-order valence-corrected chi connectivity index (χ0v) is 17.1. The first-order valence-corrected chi connectivity index (χ1v) is 10.2. The van der Waals surface area contributed by atoms with Crippen LogP contribution >= 0.6 is 15.9 Å². The van der Waals surface area contributed by atoms with Gasteiger partial charge in [-0.1, -0.05) is 54.6 Å². The number of nitrogens with one attached hydrogen (secondary N) is 2. The molecule has 0 saturated carbocycles. The van der Waals surface area contributed by atoms with Crippen LogP contribution in [0.1, 0.15) is 5.56 Å². The highest BCUT2D eigenvalue weighted by Gasteiger charge is 2.18. The Balaban J connectivity index is 1.82. The number of para-hydroxylation sites is 3. The summed E-state index contributed by atoms with van der Waals surface area (Å²) in [6.45, 7) is 0.217. The molecule has 0 bridgehead atoms. The number of benzene rings is 3. The molecule has 6 nitrogen and oxygen atoms in total. The van der Waals surface area contributed by atoms with E-state index in [2.05, 4.69) is 26.6 Å². The number of halogens is 1. The van der Waals surface area contributed by atoms with Gasteiger partial charge in [0.25, 0.3) is 11.3 Å². The minimum absolute atomic E-state index is 0.217. The van der Waals surface area contributed by atoms with Crippen LogP contribution < -0.4 is 14.9 Å². The van der Waals surface area contributed by atoms with E-state index in [4.69, 9.17) is 0 Å². The highest BCUT2D eigenvalue weighted by molar-refractivity contribution is 9.10. The second-order valence-electron chi connectivity index (χ2n) is 5.83. The minimum Gasteiger partial charge on any atom is -0.307 e. The molecular weight excluding hydrogens is 442 g/mol. The molecule has 3 rings (SSSR count). The van der Waals surface area contributed by atoms with Crippen molar-refractivity contribution in [3.63, 3.8) is 0 Å². The van der Waals surface area contributed by atoms with Gasteiger partial charge in [0.05, 0.1) is 23.6 Å². The first kappa shape index (κ1) is 20.1. The first-order valence-electron chi connectivity index (χ1n) is 8.38. The van der Waals surface area contributed by atoms with Gasteiger partial charge in [-0.25, -0.2) is 9.00 Å². The molecule has 144 valence electrons. The summed E-state index contributed by atoms with van der Waals surface area (Å²) in [5.74, 6) is 0. The van der Waals surface area contributed by atoms with Crippen LogP contribution in [-0.4, -0.2) is 14.8 Å². The number of carbonyl (C=O) groups is 1. The van der Waals surface area contributed by atoms with Crippen molar-refractivity contribution in [2.45, 2.75) is 6.54 Å². The lowest BCUT2D eigenvalue weighted by Gasteiger charge is -2.23. The van der Waals surface area contributed by atoms with Crippen LogP contribution in [0.5, 0.6) is 0 Å². The average Bonchev–Trinajstić information content (AvgIpc) is 2.69. The van der Waals surface area contributed by atoms with Crippen molar-refractivity contribution < 1.29 is 13.6 Å². The van der Waals surface area contributed by atoms with Gasteiger partial charge in [0, 0.05) is 4.47 Å². The minimum atomic E-state index is -2.27. The van der Waals surface area contributed by atoms with Crippen LogP contribution in [0.4, 0.5) is 21.9 Å². The van der Waals surface area contributed by atoms with Crippen molar-refractivity contribution in [2.75, 3.05) is 14.9 Å². The lowest BCUT2D eigenvalue weighted by Crippen LogP contribution is -2.27. The van der Waals surface area contributed by atoms with Gasteiger partial charge in [-0.3, -0.25) is 8.86 Å². The molecule has 8 heteroatoms. The molecule has 0 aliphatic rings. The molecule has 3 aromatic carbocycles. The number of anilines is 3. The summed E-state index contributed by atoms with van der Waals surface area (Å²) in [6, 6.07) is 23.0. The SMILES string of the molecule is O=C(Nc1ccccc1Br)Nc1ccccc1N(Cc1ccccc1)S(=O)O. The predicted octanol–water partition coefficient (Wildman–Crippen LogP) is 5.24. The Morgan fingerprint density at radius 1 is 0.893 bits per heavy atom. The molecule has 28 heavy (non-hydrogen) atoms. The molecule has 2 amide bonds. The molecule has 0 aromatic heterocycles. The number of nitrogens with zero attached hydrogens (tertiary/aromatic N) is 1. The Labute approximate surface area is 174 Å². The van der Waals surface area contributed by atoms with E-state index in [-0.39, 0.29) is 6.54 Å². The lowest BCUT2D eigenvalue weighted by molar-refractivity contribution is 0.262. The van der Waals surface area contributed by atoms with Gasteiger partial charge < -0.3 is 10.6 Å². The summed E-state index contributed by atoms with van der Waals surface area (Å²) in [7, 11) is 0. The Morgan fingerprint density at radius 2 is 1.46 bits per heavy atom. The van der Waals surface area contributed by atoms with Crippen LogP contribution in [0.2, 0.25) is 0 Å². The Bertz CT molecular complexity index is 985. The van der Waals surface area contributed by atoms with Gasteiger partial charge in [-0.15, -0.1) is 0 Å². The van der Waals surface area contributed by atoms with Crippen molar-refractivity contribution in [3.05, 3.63) is 88.9 Å². The predicted molar refractivity (Wildman–Crippen MR) is 117 cm³/mol. The smallest absolute Gasteiger partial charge is 0.307 e. The number of carbonyl (C=O) groups excluding carboxylic acids is 1. The standard InChI is InChI=1S/C20H18BrN3O3S/c21-16-10-4-5-11-17(16)22-20(25)23-18-12-6-7-13-19(18)24(28(26)27)14-15-8-2-1-3-9-15/h1-13H,14H2,(H,26,27)(H2,22,23,25). The van der Waals surface area contributed by atoms with Crippen LogP contribution in [0.15, 0.2) is 83.3 Å². The summed E-state index contributed by atoms with van der Waals surface area (Å²) in [4.78, 5) is 12.4. The average molecular weight is 460 g/mol. The first-order chi connectivity index (χ1) is 13.5. The van der Waals surface area contributed by atoms with Crippen molar-refractivity contribution in [2.24, 2.45) is 0 Å². The maximum absolute atomic E-state index is 12.4. The zero-order valence-electron chi connectivity index (χ0n) is 14.7. The van der Waals surface area contributed by atoms with E-state index < -0.39 is 17.3 Å². The number of hydrogen-bond donors (Lipinski definition) is 3. The largest absolute Gasteiger partial charge is 0.323 e. The molecule has 0 aliphatic carbocycles. The van der Waals surface area contributed by atoms with Gasteiger partial charge in [0.1, 0.15) is 0 Å². The second kappa shape index (κ2) is 9.50. The molecule has 1 unspecified atom stereocenters.